The molecule has 0 radical (unpaired) electrons. The quantitative estimate of drug-likeness (QED) is 0.268. The number of hydrogen-bond donors (Lipinski definition) is 3. The molecule has 2 aromatic carbocycles. The van der Waals surface area contributed by atoms with E-state index in [1.165, 1.54) is 30.3 Å². The summed E-state index contributed by atoms with van der Waals surface area (Å²) in [6.45, 7) is 1.98. The van der Waals surface area contributed by atoms with Gasteiger partial charge in [0.2, 0.25) is 0 Å². The van der Waals surface area contributed by atoms with Crippen LogP contribution in [-0.4, -0.2) is 47.4 Å². The summed E-state index contributed by atoms with van der Waals surface area (Å²) in [5, 5.41) is 26.6. The third kappa shape index (κ3) is 5.08. The average molecular weight is 471 g/mol. The van der Waals surface area contributed by atoms with Gasteiger partial charge in [-0.2, -0.15) is 0 Å². The summed E-state index contributed by atoms with van der Waals surface area (Å²) < 4.78 is 5.27. The zero-order chi connectivity index (χ0) is 21.8. The number of nitrogens with zero attached hydrogens (tertiary/aromatic N) is 2. The van der Waals surface area contributed by atoms with Crippen LogP contribution >= 0.6 is 35.4 Å². The zero-order valence-corrected chi connectivity index (χ0v) is 17.7. The molecule has 1 heterocycles. The summed E-state index contributed by atoms with van der Waals surface area (Å²) in [6.07, 6.45) is 0. The van der Waals surface area contributed by atoms with Crippen molar-refractivity contribution in [2.75, 3.05) is 36.5 Å². The number of phenolic OH excluding ortho intramolecular Hbond substituents is 1. The highest BCUT2D eigenvalue weighted by Gasteiger charge is 2.23. The topological polar surface area (TPSA) is 117 Å². The van der Waals surface area contributed by atoms with Crippen molar-refractivity contribution >= 4 is 63.5 Å². The summed E-state index contributed by atoms with van der Waals surface area (Å²) in [5.74, 6) is -0.945. The molecule has 1 saturated heterocycles. The number of aromatic hydroxyl groups is 1. The van der Waals surface area contributed by atoms with E-state index in [2.05, 4.69) is 10.6 Å². The summed E-state index contributed by atoms with van der Waals surface area (Å²) in [4.78, 5) is 25.3. The van der Waals surface area contributed by atoms with Crippen molar-refractivity contribution in [2.24, 2.45) is 0 Å². The highest BCUT2D eigenvalue weighted by molar-refractivity contribution is 7.80. The van der Waals surface area contributed by atoms with E-state index < -0.39 is 10.8 Å². The molecule has 0 unspecified atom stereocenters. The van der Waals surface area contributed by atoms with Gasteiger partial charge in [0.15, 0.2) is 10.9 Å². The van der Waals surface area contributed by atoms with Gasteiger partial charge in [-0.15, -0.1) is 0 Å². The monoisotopic (exact) mass is 470 g/mol. The Morgan fingerprint density at radius 1 is 1.23 bits per heavy atom. The first-order valence-corrected chi connectivity index (χ1v) is 9.84. The Hall–Kier alpha value is -2.66. The first-order chi connectivity index (χ1) is 14.3. The van der Waals surface area contributed by atoms with E-state index in [1.54, 1.807) is 0 Å². The lowest BCUT2D eigenvalue weighted by atomic mass is 10.1. The van der Waals surface area contributed by atoms with E-state index in [9.17, 15) is 20.0 Å². The zero-order valence-electron chi connectivity index (χ0n) is 15.4. The van der Waals surface area contributed by atoms with Crippen LogP contribution in [0.1, 0.15) is 10.4 Å². The lowest BCUT2D eigenvalue weighted by molar-refractivity contribution is -0.384. The van der Waals surface area contributed by atoms with Crippen LogP contribution in [0.15, 0.2) is 30.3 Å². The smallest absolute Gasteiger partial charge is 0.293 e. The molecule has 2 aromatic rings. The maximum atomic E-state index is 12.5. The first-order valence-electron chi connectivity index (χ1n) is 8.67. The van der Waals surface area contributed by atoms with Crippen LogP contribution in [-0.2, 0) is 4.74 Å². The lowest BCUT2D eigenvalue weighted by Crippen LogP contribution is -2.37. The highest BCUT2D eigenvalue weighted by atomic mass is 35.5. The maximum Gasteiger partial charge on any atom is 0.293 e. The molecule has 12 heteroatoms. The number of nitro benzene ring substituents is 1. The predicted octanol–water partition coefficient (Wildman–Crippen LogP) is 3.57. The van der Waals surface area contributed by atoms with E-state index in [0.29, 0.717) is 32.0 Å². The second-order valence-electron chi connectivity index (χ2n) is 6.25. The maximum absolute atomic E-state index is 12.5. The molecule has 0 saturated carbocycles. The molecule has 1 aliphatic rings. The molecular weight excluding hydrogens is 455 g/mol. The lowest BCUT2D eigenvalue weighted by Gasteiger charge is -2.28. The number of rotatable bonds is 4. The number of morpholine rings is 1. The number of amides is 1. The van der Waals surface area contributed by atoms with Gasteiger partial charge in [0.05, 0.1) is 28.8 Å². The standard InChI is InChI=1S/C18H16Cl2N4O5S/c19-11-8-12(20)16(25)13(9-11)21-18(30)22-17(26)10-1-2-14(15(7-10)24(27)28)23-3-5-29-6-4-23/h1-2,7-9,25H,3-6H2,(H2,21,22,26,30). The number of carbonyl (C=O) groups is 1. The van der Waals surface area contributed by atoms with Crippen molar-refractivity contribution < 1.29 is 19.6 Å². The van der Waals surface area contributed by atoms with Gasteiger partial charge in [-0.3, -0.25) is 20.2 Å². The molecule has 3 rings (SSSR count). The first kappa shape index (κ1) is 22.0. The van der Waals surface area contributed by atoms with Crippen LogP contribution in [0.3, 0.4) is 0 Å². The van der Waals surface area contributed by atoms with Crippen LogP contribution in [0.4, 0.5) is 17.1 Å². The van der Waals surface area contributed by atoms with Gasteiger partial charge in [0, 0.05) is 29.7 Å². The molecular formula is C18H16Cl2N4O5S. The minimum absolute atomic E-state index is 0.00783. The highest BCUT2D eigenvalue weighted by Crippen LogP contribution is 2.35. The van der Waals surface area contributed by atoms with Gasteiger partial charge < -0.3 is 20.1 Å². The Morgan fingerprint density at radius 2 is 1.93 bits per heavy atom. The minimum atomic E-state index is -0.656. The number of thiocarbonyl (C=S) groups is 1. The molecule has 0 bridgehead atoms. The Labute approximate surface area is 186 Å². The van der Waals surface area contributed by atoms with Crippen molar-refractivity contribution in [3.05, 3.63) is 56.1 Å². The Balaban J connectivity index is 1.75. The van der Waals surface area contributed by atoms with Crippen molar-refractivity contribution in [3.8, 4) is 5.75 Å². The molecule has 0 atom stereocenters. The van der Waals surface area contributed by atoms with Crippen molar-refractivity contribution in [2.45, 2.75) is 0 Å². The third-order valence-electron chi connectivity index (χ3n) is 4.29. The predicted molar refractivity (Wildman–Crippen MR) is 118 cm³/mol. The van der Waals surface area contributed by atoms with Crippen LogP contribution < -0.4 is 15.5 Å². The second kappa shape index (κ2) is 9.43. The third-order valence-corrected chi connectivity index (χ3v) is 5.00. The number of anilines is 2. The normalized spacial score (nSPS) is 13.6. The number of nitro groups is 1. The van der Waals surface area contributed by atoms with Crippen molar-refractivity contribution in [1.29, 1.82) is 0 Å². The molecule has 1 fully saturated rings. The number of carbonyl (C=O) groups excluding carboxylic acids is 1. The molecule has 30 heavy (non-hydrogen) atoms. The van der Waals surface area contributed by atoms with Gasteiger partial charge in [0.25, 0.3) is 11.6 Å². The number of nitrogens with one attached hydrogen (secondary N) is 2. The fourth-order valence-corrected chi connectivity index (χ4v) is 3.57. The Morgan fingerprint density at radius 3 is 2.60 bits per heavy atom. The molecule has 0 spiro atoms. The number of halogens is 2. The summed E-state index contributed by atoms with van der Waals surface area (Å²) in [6, 6.07) is 6.92. The molecule has 158 valence electrons. The van der Waals surface area contributed by atoms with E-state index in [0.717, 1.165) is 0 Å². The van der Waals surface area contributed by atoms with Gasteiger partial charge in [-0.1, -0.05) is 23.2 Å². The summed E-state index contributed by atoms with van der Waals surface area (Å²) >= 11 is 16.8. The molecule has 1 amide bonds. The second-order valence-corrected chi connectivity index (χ2v) is 7.50. The molecule has 9 nitrogen and oxygen atoms in total. The van der Waals surface area contributed by atoms with E-state index >= 15 is 0 Å². The average Bonchev–Trinajstić information content (AvgIpc) is 2.71. The number of hydrogen-bond acceptors (Lipinski definition) is 7. The van der Waals surface area contributed by atoms with Crippen LogP contribution in [0, 0.1) is 10.1 Å². The summed E-state index contributed by atoms with van der Waals surface area (Å²) in [7, 11) is 0. The molecule has 0 aromatic heterocycles. The number of phenols is 1. The minimum Gasteiger partial charge on any atom is -0.504 e. The Bertz CT molecular complexity index is 1010. The van der Waals surface area contributed by atoms with Crippen LogP contribution in [0.25, 0.3) is 0 Å². The largest absolute Gasteiger partial charge is 0.504 e. The van der Waals surface area contributed by atoms with E-state index in [4.69, 9.17) is 40.2 Å². The van der Waals surface area contributed by atoms with Crippen molar-refractivity contribution in [1.82, 2.24) is 5.32 Å². The van der Waals surface area contributed by atoms with Gasteiger partial charge >= 0.3 is 0 Å². The van der Waals surface area contributed by atoms with Crippen LogP contribution in [0.2, 0.25) is 10.0 Å². The SMILES string of the molecule is O=C(NC(=S)Nc1cc(Cl)cc(Cl)c1O)c1ccc(N2CCOCC2)c([N+](=O)[O-])c1. The van der Waals surface area contributed by atoms with Gasteiger partial charge in [0.1, 0.15) is 5.69 Å². The molecule has 1 aliphatic heterocycles. The van der Waals surface area contributed by atoms with Crippen LogP contribution in [0.5, 0.6) is 5.75 Å². The van der Waals surface area contributed by atoms with Gasteiger partial charge in [-0.25, -0.2) is 0 Å². The fraction of sp³-hybridized carbons (Fsp3) is 0.222. The molecule has 3 N–H and O–H groups in total. The van der Waals surface area contributed by atoms with Crippen molar-refractivity contribution in [3.63, 3.8) is 0 Å². The Kier molecular flexibility index (Phi) is 6.93. The van der Waals surface area contributed by atoms with Gasteiger partial charge in [-0.05, 0) is 36.5 Å². The number of ether oxygens (including phenoxy) is 1. The number of benzene rings is 2. The van der Waals surface area contributed by atoms with E-state index in [1.807, 2.05) is 4.90 Å². The fourth-order valence-electron chi connectivity index (χ4n) is 2.87. The van der Waals surface area contributed by atoms with E-state index in [-0.39, 0.29) is 37.8 Å². The summed E-state index contributed by atoms with van der Waals surface area (Å²) in [5.41, 5.74) is 0.379. The molecule has 0 aliphatic carbocycles.